The first-order valence-corrected chi connectivity index (χ1v) is 8.67. The van der Waals surface area contributed by atoms with Gasteiger partial charge in [-0.15, -0.1) is 0 Å². The average molecular weight is 334 g/mol. The lowest BCUT2D eigenvalue weighted by Gasteiger charge is -2.32. The van der Waals surface area contributed by atoms with E-state index in [0.717, 1.165) is 22.2 Å². The van der Waals surface area contributed by atoms with E-state index in [1.165, 1.54) is 5.56 Å². The number of pyridine rings is 1. The van der Waals surface area contributed by atoms with Crippen molar-refractivity contribution in [1.82, 2.24) is 9.61 Å². The summed E-state index contributed by atoms with van der Waals surface area (Å²) >= 11 is 0. The van der Waals surface area contributed by atoms with Crippen LogP contribution in [-0.4, -0.2) is 27.9 Å². The Bertz CT molecular complexity index is 913. The monoisotopic (exact) mass is 334 g/mol. The molecule has 0 atom stereocenters. The Morgan fingerprint density at radius 3 is 2.20 bits per heavy atom. The third-order valence-electron chi connectivity index (χ3n) is 5.36. The second kappa shape index (κ2) is 5.45. The molecule has 2 aromatic heterocycles. The van der Waals surface area contributed by atoms with Crippen LogP contribution in [0.15, 0.2) is 48.7 Å². The molecule has 1 aromatic carbocycles. The Hall–Kier alpha value is -2.11. The van der Waals surface area contributed by atoms with Gasteiger partial charge in [-0.05, 0) is 58.3 Å². The summed E-state index contributed by atoms with van der Waals surface area (Å²) in [6.45, 7) is 10.4. The Labute approximate surface area is 148 Å². The summed E-state index contributed by atoms with van der Waals surface area (Å²) in [6.07, 6.45) is 1.97. The van der Waals surface area contributed by atoms with Crippen molar-refractivity contribution < 1.29 is 9.31 Å². The topological polar surface area (TPSA) is 35.8 Å². The highest BCUT2D eigenvalue weighted by molar-refractivity contribution is 6.62. The Balaban J connectivity index is 1.68. The molecule has 0 bridgehead atoms. The molecule has 5 heteroatoms. The van der Waals surface area contributed by atoms with Crippen LogP contribution in [0.2, 0.25) is 0 Å². The van der Waals surface area contributed by atoms with Crippen LogP contribution in [0.5, 0.6) is 0 Å². The van der Waals surface area contributed by atoms with Crippen molar-refractivity contribution in [3.05, 3.63) is 54.2 Å². The van der Waals surface area contributed by atoms with Gasteiger partial charge in [-0.2, -0.15) is 5.10 Å². The molecule has 1 fully saturated rings. The fourth-order valence-corrected chi connectivity index (χ4v) is 3.00. The minimum Gasteiger partial charge on any atom is -0.399 e. The Morgan fingerprint density at radius 1 is 0.920 bits per heavy atom. The lowest BCUT2D eigenvalue weighted by atomic mass is 9.79. The fraction of sp³-hybridized carbons (Fsp3) is 0.350. The largest absolute Gasteiger partial charge is 0.494 e. The predicted molar refractivity (Wildman–Crippen MR) is 101 cm³/mol. The van der Waals surface area contributed by atoms with E-state index in [0.29, 0.717) is 0 Å². The standard InChI is InChI=1S/C20H23BN2O2/c1-14-6-8-15(9-7-14)18-13-17-12-16(10-11-23(17)22-18)21-24-19(2,3)20(4,5)25-21/h6-13H,1-5H3. The maximum absolute atomic E-state index is 6.15. The van der Waals surface area contributed by atoms with Gasteiger partial charge in [0, 0.05) is 11.8 Å². The van der Waals surface area contributed by atoms with Crippen LogP contribution in [-0.2, 0) is 9.31 Å². The summed E-state index contributed by atoms with van der Waals surface area (Å²) in [7, 11) is -0.354. The van der Waals surface area contributed by atoms with Crippen molar-refractivity contribution in [3.8, 4) is 11.3 Å². The molecule has 0 amide bonds. The summed E-state index contributed by atoms with van der Waals surface area (Å²) in [5.41, 5.74) is 4.70. The van der Waals surface area contributed by atoms with E-state index in [1.807, 2.05) is 16.8 Å². The zero-order valence-electron chi connectivity index (χ0n) is 15.4. The van der Waals surface area contributed by atoms with E-state index in [4.69, 9.17) is 9.31 Å². The van der Waals surface area contributed by atoms with E-state index in [2.05, 4.69) is 76.1 Å². The van der Waals surface area contributed by atoms with Gasteiger partial charge in [-0.25, -0.2) is 4.52 Å². The van der Waals surface area contributed by atoms with E-state index < -0.39 is 0 Å². The Morgan fingerprint density at radius 2 is 1.56 bits per heavy atom. The molecule has 1 saturated heterocycles. The molecule has 0 unspecified atom stereocenters. The quantitative estimate of drug-likeness (QED) is 0.672. The number of hydrogen-bond acceptors (Lipinski definition) is 3. The van der Waals surface area contributed by atoms with Gasteiger partial charge in [0.25, 0.3) is 0 Å². The second-order valence-electron chi connectivity index (χ2n) is 7.81. The van der Waals surface area contributed by atoms with Gasteiger partial charge >= 0.3 is 7.12 Å². The van der Waals surface area contributed by atoms with Gasteiger partial charge in [0.2, 0.25) is 0 Å². The molecule has 0 saturated carbocycles. The van der Waals surface area contributed by atoms with Crippen molar-refractivity contribution in [2.75, 3.05) is 0 Å². The highest BCUT2D eigenvalue weighted by Gasteiger charge is 2.51. The van der Waals surface area contributed by atoms with E-state index in [1.54, 1.807) is 0 Å². The molecule has 0 N–H and O–H groups in total. The number of aryl methyl sites for hydroxylation is 1. The van der Waals surface area contributed by atoms with E-state index in [9.17, 15) is 0 Å². The molecule has 4 nitrogen and oxygen atoms in total. The van der Waals surface area contributed by atoms with Crippen molar-refractivity contribution >= 4 is 18.1 Å². The summed E-state index contributed by atoms with van der Waals surface area (Å²) in [5, 5.41) is 4.67. The van der Waals surface area contributed by atoms with Gasteiger partial charge < -0.3 is 9.31 Å². The van der Waals surface area contributed by atoms with Crippen LogP contribution in [0.4, 0.5) is 0 Å². The van der Waals surface area contributed by atoms with Gasteiger partial charge in [0.15, 0.2) is 0 Å². The van der Waals surface area contributed by atoms with Crippen LogP contribution < -0.4 is 5.46 Å². The molecule has 128 valence electrons. The van der Waals surface area contributed by atoms with Crippen LogP contribution in [0.1, 0.15) is 33.3 Å². The number of benzene rings is 1. The highest BCUT2D eigenvalue weighted by Crippen LogP contribution is 2.36. The molecule has 25 heavy (non-hydrogen) atoms. The zero-order valence-corrected chi connectivity index (χ0v) is 15.4. The number of nitrogens with zero attached hydrogens (tertiary/aromatic N) is 2. The zero-order chi connectivity index (χ0) is 17.8. The first-order chi connectivity index (χ1) is 11.7. The lowest BCUT2D eigenvalue weighted by molar-refractivity contribution is 0.00578. The summed E-state index contributed by atoms with van der Waals surface area (Å²) < 4.78 is 14.2. The van der Waals surface area contributed by atoms with Gasteiger partial charge in [-0.1, -0.05) is 29.8 Å². The third kappa shape index (κ3) is 2.77. The number of aromatic nitrogens is 2. The molecule has 1 aliphatic heterocycles. The number of hydrogen-bond donors (Lipinski definition) is 0. The summed E-state index contributed by atoms with van der Waals surface area (Å²) in [5.74, 6) is 0. The number of rotatable bonds is 2. The van der Waals surface area contributed by atoms with Gasteiger partial charge in [0.1, 0.15) is 0 Å². The predicted octanol–water partition coefficient (Wildman–Crippen LogP) is 3.61. The Kier molecular flexibility index (Phi) is 3.57. The van der Waals surface area contributed by atoms with Crippen LogP contribution in [0, 0.1) is 6.92 Å². The SMILES string of the molecule is Cc1ccc(-c2cc3cc(B4OC(C)(C)C(C)(C)O4)ccn3n2)cc1. The highest BCUT2D eigenvalue weighted by atomic mass is 16.7. The van der Waals surface area contributed by atoms with Crippen LogP contribution >= 0.6 is 0 Å². The molecule has 3 aromatic rings. The molecule has 4 rings (SSSR count). The first-order valence-electron chi connectivity index (χ1n) is 8.67. The smallest absolute Gasteiger partial charge is 0.399 e. The minimum atomic E-state index is -0.354. The molecule has 0 spiro atoms. The van der Waals surface area contributed by atoms with Crippen molar-refractivity contribution in [3.63, 3.8) is 0 Å². The molecule has 3 heterocycles. The molecule has 0 radical (unpaired) electrons. The van der Waals surface area contributed by atoms with E-state index in [-0.39, 0.29) is 18.3 Å². The van der Waals surface area contributed by atoms with Crippen molar-refractivity contribution in [2.45, 2.75) is 45.8 Å². The molecular formula is C20H23BN2O2. The maximum Gasteiger partial charge on any atom is 0.494 e. The number of fused-ring (bicyclic) bond motifs is 1. The summed E-state index contributed by atoms with van der Waals surface area (Å²) in [6, 6.07) is 14.6. The van der Waals surface area contributed by atoms with Gasteiger partial charge in [0.05, 0.1) is 22.4 Å². The van der Waals surface area contributed by atoms with Crippen LogP contribution in [0.25, 0.3) is 16.8 Å². The summed E-state index contributed by atoms with van der Waals surface area (Å²) in [4.78, 5) is 0. The van der Waals surface area contributed by atoms with E-state index >= 15 is 0 Å². The minimum absolute atomic E-state index is 0.336. The molecule has 1 aliphatic rings. The average Bonchev–Trinajstić information content (AvgIpc) is 3.05. The molecule has 0 aliphatic carbocycles. The normalized spacial score (nSPS) is 18.8. The third-order valence-corrected chi connectivity index (χ3v) is 5.36. The maximum atomic E-state index is 6.15. The van der Waals surface area contributed by atoms with Gasteiger partial charge in [-0.3, -0.25) is 0 Å². The van der Waals surface area contributed by atoms with Crippen molar-refractivity contribution in [2.24, 2.45) is 0 Å². The second-order valence-corrected chi connectivity index (χ2v) is 7.81. The molecular weight excluding hydrogens is 311 g/mol. The van der Waals surface area contributed by atoms with Crippen molar-refractivity contribution in [1.29, 1.82) is 0 Å². The fourth-order valence-electron chi connectivity index (χ4n) is 3.00. The lowest BCUT2D eigenvalue weighted by Crippen LogP contribution is -2.41. The van der Waals surface area contributed by atoms with Crippen LogP contribution in [0.3, 0.4) is 0 Å². The first kappa shape index (κ1) is 16.4.